The van der Waals surface area contributed by atoms with E-state index in [9.17, 15) is 0 Å². The molecule has 0 aromatic heterocycles. The Morgan fingerprint density at radius 2 is 1.62 bits per heavy atom. The highest BCUT2D eigenvalue weighted by molar-refractivity contribution is 8.13. The molecule has 1 aromatic rings. The zero-order chi connectivity index (χ0) is 10.3. The van der Waals surface area contributed by atoms with Gasteiger partial charge in [-0.05, 0) is 30.4 Å². The summed E-state index contributed by atoms with van der Waals surface area (Å²) in [6.45, 7) is 6.17. The molecule has 0 amide bonds. The van der Waals surface area contributed by atoms with Crippen molar-refractivity contribution in [2.45, 2.75) is 32.1 Å². The highest BCUT2D eigenvalue weighted by Crippen LogP contribution is 2.20. The average molecular weight is 196 g/mol. The molecule has 0 N–H and O–H groups in total. The van der Waals surface area contributed by atoms with E-state index in [0.29, 0.717) is 0 Å². The molecule has 0 aliphatic carbocycles. The molecule has 1 heteroatoms. The second kappa shape index (κ2) is 6.90. The summed E-state index contributed by atoms with van der Waals surface area (Å²) in [7, 11) is 0.161. The second-order valence-corrected chi connectivity index (χ2v) is 4.38. The third-order valence-corrected chi connectivity index (χ3v) is 2.81. The van der Waals surface area contributed by atoms with Gasteiger partial charge in [0, 0.05) is 4.90 Å². The van der Waals surface area contributed by atoms with Crippen LogP contribution >= 0.6 is 10.5 Å². The average Bonchev–Trinajstić information content (AvgIpc) is 2.21. The van der Waals surface area contributed by atoms with Gasteiger partial charge in [-0.15, -0.1) is 0 Å². The zero-order valence-electron chi connectivity index (χ0n) is 9.13. The first-order valence-electron chi connectivity index (χ1n) is 4.78. The van der Waals surface area contributed by atoms with Gasteiger partial charge in [0.15, 0.2) is 0 Å². The predicted octanol–water partition coefficient (Wildman–Crippen LogP) is 3.96. The molecule has 0 fully saturated rings. The molecule has 0 saturated heterocycles. The Bertz CT molecular complexity index is 246. The van der Waals surface area contributed by atoms with Crippen molar-refractivity contribution in [3.8, 4) is 0 Å². The lowest BCUT2D eigenvalue weighted by atomic mass is 10.2. The van der Waals surface area contributed by atoms with E-state index in [-0.39, 0.29) is 10.5 Å². The fourth-order valence-corrected chi connectivity index (χ4v) is 1.56. The van der Waals surface area contributed by atoms with Crippen LogP contribution in [0, 0.1) is 0 Å². The van der Waals surface area contributed by atoms with E-state index >= 15 is 0 Å². The lowest BCUT2D eigenvalue weighted by Gasteiger charge is -2.01. The summed E-state index contributed by atoms with van der Waals surface area (Å²) in [6.07, 6.45) is 3.26. The van der Waals surface area contributed by atoms with Crippen LogP contribution in [0.1, 0.15) is 26.3 Å². The zero-order valence-corrected chi connectivity index (χ0v) is 9.95. The smallest absolute Gasteiger partial charge is 0.000871 e. The van der Waals surface area contributed by atoms with Crippen molar-refractivity contribution in [2.75, 3.05) is 6.26 Å². The van der Waals surface area contributed by atoms with Gasteiger partial charge >= 0.3 is 0 Å². The first-order chi connectivity index (χ1) is 6.24. The maximum absolute atomic E-state index is 3.99. The summed E-state index contributed by atoms with van der Waals surface area (Å²) in [6, 6.07) is 8.72. The molecule has 0 saturated carbocycles. The molecule has 0 aliphatic rings. The number of rotatable bonds is 2. The molecule has 0 radical (unpaired) electrons. The van der Waals surface area contributed by atoms with Gasteiger partial charge in [-0.1, -0.05) is 38.8 Å². The monoisotopic (exact) mass is 196 g/mol. The molecule has 1 rings (SSSR count). The van der Waals surface area contributed by atoms with Gasteiger partial charge in [0.05, 0.1) is 0 Å². The predicted molar refractivity (Wildman–Crippen MR) is 66.1 cm³/mol. The summed E-state index contributed by atoms with van der Waals surface area (Å²) in [5.74, 6) is 3.99. The maximum atomic E-state index is 3.99. The summed E-state index contributed by atoms with van der Waals surface area (Å²) in [5.41, 5.74) is 1.40. The van der Waals surface area contributed by atoms with E-state index in [1.54, 1.807) is 0 Å². The molecule has 74 valence electrons. The van der Waals surface area contributed by atoms with E-state index in [4.69, 9.17) is 0 Å². The molecular formula is C12H20S. The lowest BCUT2D eigenvalue weighted by molar-refractivity contribution is 1.13. The van der Waals surface area contributed by atoms with Crippen molar-refractivity contribution >= 4 is 16.4 Å². The Hall–Kier alpha value is -0.560. The van der Waals surface area contributed by atoms with E-state index in [2.05, 4.69) is 43.3 Å². The van der Waals surface area contributed by atoms with Gasteiger partial charge in [0.1, 0.15) is 0 Å². The van der Waals surface area contributed by atoms with Crippen LogP contribution in [0.5, 0.6) is 0 Å². The van der Waals surface area contributed by atoms with E-state index < -0.39 is 0 Å². The van der Waals surface area contributed by atoms with Gasteiger partial charge < -0.3 is 0 Å². The molecule has 13 heavy (non-hydrogen) atoms. The van der Waals surface area contributed by atoms with Crippen molar-refractivity contribution < 1.29 is 0 Å². The van der Waals surface area contributed by atoms with Crippen LogP contribution in [0.25, 0.3) is 0 Å². The van der Waals surface area contributed by atoms with Crippen LogP contribution in [-0.2, 0) is 6.42 Å². The van der Waals surface area contributed by atoms with Gasteiger partial charge in [-0.2, -0.15) is 10.5 Å². The molecule has 0 heterocycles. The summed E-state index contributed by atoms with van der Waals surface area (Å²) < 4.78 is 0. The number of benzene rings is 1. The van der Waals surface area contributed by atoms with E-state index in [1.165, 1.54) is 10.5 Å². The summed E-state index contributed by atoms with van der Waals surface area (Å²) in [4.78, 5) is 1.35. The van der Waals surface area contributed by atoms with Crippen molar-refractivity contribution in [2.24, 2.45) is 0 Å². The highest BCUT2D eigenvalue weighted by Gasteiger charge is 1.90. The molecule has 1 aromatic carbocycles. The van der Waals surface area contributed by atoms with Crippen LogP contribution in [0.4, 0.5) is 0 Å². The number of aryl methyl sites for hydroxylation is 1. The second-order valence-electron chi connectivity index (χ2n) is 2.63. The molecule has 0 nitrogen and oxygen atoms in total. The highest BCUT2D eigenvalue weighted by atomic mass is 32.2. The van der Waals surface area contributed by atoms with Crippen LogP contribution < -0.4 is 0 Å². The third kappa shape index (κ3) is 4.28. The number of hydrogen-bond donors (Lipinski definition) is 0. The van der Waals surface area contributed by atoms with Gasteiger partial charge in [-0.25, -0.2) is 0 Å². The molecule has 0 spiro atoms. The first-order valence-corrected chi connectivity index (χ1v) is 6.59. The normalized spacial score (nSPS) is 11.4. The Kier molecular flexibility index (Phi) is 6.61. The third-order valence-electron chi connectivity index (χ3n) is 1.73. The van der Waals surface area contributed by atoms with Gasteiger partial charge in [0.2, 0.25) is 0 Å². The minimum Gasteiger partial charge on any atom is -0.165 e. The Balaban J connectivity index is 0.000000671. The van der Waals surface area contributed by atoms with Crippen molar-refractivity contribution in [1.82, 2.24) is 0 Å². The molecule has 0 bridgehead atoms. The first kappa shape index (κ1) is 12.4. The Morgan fingerprint density at radius 3 is 1.92 bits per heavy atom. The van der Waals surface area contributed by atoms with Gasteiger partial charge in [-0.3, -0.25) is 0 Å². The summed E-state index contributed by atoms with van der Waals surface area (Å²) >= 11 is 0. The minimum atomic E-state index is 0.161. The Morgan fingerprint density at radius 1 is 1.15 bits per heavy atom. The number of hydrogen-bond acceptors (Lipinski definition) is 0. The summed E-state index contributed by atoms with van der Waals surface area (Å²) in [5, 5.41) is 0. The Labute approximate surface area is 84.9 Å². The lowest BCUT2D eigenvalue weighted by Crippen LogP contribution is -1.78. The SMILES string of the molecule is C=S(C)c1ccc(CC)cc1.CC. The van der Waals surface area contributed by atoms with Crippen molar-refractivity contribution in [1.29, 1.82) is 0 Å². The topological polar surface area (TPSA) is 0 Å². The standard InChI is InChI=1S/C10H14S.C2H6/c1-4-9-5-7-10(8-6-9)11(2)3;1-2/h5-8H,2,4H2,1,3H3;1-2H3. The van der Waals surface area contributed by atoms with E-state index in [0.717, 1.165) is 6.42 Å². The van der Waals surface area contributed by atoms with E-state index in [1.807, 2.05) is 13.8 Å². The molecule has 0 aliphatic heterocycles. The minimum absolute atomic E-state index is 0.161. The van der Waals surface area contributed by atoms with Crippen LogP contribution in [0.2, 0.25) is 0 Å². The quantitative estimate of drug-likeness (QED) is 0.628. The fourth-order valence-electron chi connectivity index (χ4n) is 0.957. The van der Waals surface area contributed by atoms with Crippen LogP contribution in [-0.4, -0.2) is 12.1 Å². The molecule has 1 atom stereocenters. The van der Waals surface area contributed by atoms with Crippen molar-refractivity contribution in [3.05, 3.63) is 29.8 Å². The largest absolute Gasteiger partial charge is 0.165 e. The fraction of sp³-hybridized carbons (Fsp3) is 0.417. The molecular weight excluding hydrogens is 176 g/mol. The van der Waals surface area contributed by atoms with Crippen LogP contribution in [0.3, 0.4) is 0 Å². The van der Waals surface area contributed by atoms with Crippen molar-refractivity contribution in [3.63, 3.8) is 0 Å². The van der Waals surface area contributed by atoms with Gasteiger partial charge in [0.25, 0.3) is 0 Å². The molecule has 1 unspecified atom stereocenters. The maximum Gasteiger partial charge on any atom is 0.000871 e. The van der Waals surface area contributed by atoms with Crippen LogP contribution in [0.15, 0.2) is 29.2 Å².